The number of likely N-dealkylation sites (N-methyl/N-ethyl adjacent to an activating group) is 2. The Hall–Kier alpha value is -2.12. The highest BCUT2D eigenvalue weighted by Crippen LogP contribution is 2.43. The van der Waals surface area contributed by atoms with E-state index in [1.807, 2.05) is 52.5 Å². The second-order valence-corrected chi connectivity index (χ2v) is 12.9. The van der Waals surface area contributed by atoms with Crippen molar-refractivity contribution in [2.75, 3.05) is 41.3 Å². The monoisotopic (exact) mass is 538 g/mol. The average molecular weight is 539 g/mol. The van der Waals surface area contributed by atoms with Gasteiger partial charge in [0.1, 0.15) is 11.5 Å². The van der Waals surface area contributed by atoms with Gasteiger partial charge in [0, 0.05) is 31.3 Å². The number of rotatable bonds is 10. The molecule has 6 nitrogen and oxygen atoms in total. The van der Waals surface area contributed by atoms with Gasteiger partial charge in [-0.25, -0.2) is 0 Å². The molecule has 0 radical (unpaired) electrons. The molecule has 2 aliphatic carbocycles. The van der Waals surface area contributed by atoms with Gasteiger partial charge in [0.15, 0.2) is 0 Å². The van der Waals surface area contributed by atoms with Gasteiger partial charge in [-0.2, -0.15) is 0 Å². The standard InChI is InChI=1S/C33H50N2O4/c1-34(2)22-28(32(38)15-7-5-8-16-32)24-11-13-30(36)26(19-24)21-27-20-25(12-14-31(27)37)29(23-35(3)4)33(39)17-9-6-10-18-33/h11-14,19-20,28-29,36-39H,5-10,15-18,21-23H2,1-4H3/t28-,29+. The molecular weight excluding hydrogens is 488 g/mol. The lowest BCUT2D eigenvalue weighted by Crippen LogP contribution is -2.43. The summed E-state index contributed by atoms with van der Waals surface area (Å²) in [5.41, 5.74) is 2.02. The molecule has 0 aliphatic heterocycles. The molecule has 0 saturated heterocycles. The zero-order valence-electron chi connectivity index (χ0n) is 24.5. The summed E-state index contributed by atoms with van der Waals surface area (Å²) < 4.78 is 0. The van der Waals surface area contributed by atoms with Crippen molar-refractivity contribution in [3.8, 4) is 11.5 Å². The maximum Gasteiger partial charge on any atom is 0.119 e. The molecule has 0 bridgehead atoms. The number of nitrogens with zero attached hydrogens (tertiary/aromatic N) is 2. The maximum absolute atomic E-state index is 11.7. The number of aliphatic hydroxyl groups is 2. The summed E-state index contributed by atoms with van der Waals surface area (Å²) >= 11 is 0. The molecule has 0 unspecified atom stereocenters. The summed E-state index contributed by atoms with van der Waals surface area (Å²) in [6.45, 7) is 1.46. The molecule has 0 aromatic heterocycles. The van der Waals surface area contributed by atoms with Gasteiger partial charge >= 0.3 is 0 Å². The molecule has 4 rings (SSSR count). The number of phenols is 2. The molecule has 0 amide bonds. The zero-order chi connectivity index (χ0) is 28.2. The van der Waals surface area contributed by atoms with Crippen molar-refractivity contribution in [2.45, 2.75) is 93.7 Å². The third kappa shape index (κ3) is 7.15. The summed E-state index contributed by atoms with van der Waals surface area (Å²) in [6.07, 6.45) is 10.0. The maximum atomic E-state index is 11.7. The largest absolute Gasteiger partial charge is 0.508 e. The van der Waals surface area contributed by atoms with E-state index in [4.69, 9.17) is 0 Å². The fourth-order valence-corrected chi connectivity index (χ4v) is 7.06. The second-order valence-electron chi connectivity index (χ2n) is 12.9. The molecule has 39 heavy (non-hydrogen) atoms. The van der Waals surface area contributed by atoms with Crippen molar-refractivity contribution in [1.29, 1.82) is 0 Å². The first-order chi connectivity index (χ1) is 18.5. The fraction of sp³-hybridized carbons (Fsp3) is 0.636. The minimum Gasteiger partial charge on any atom is -0.508 e. The summed E-state index contributed by atoms with van der Waals surface area (Å²) in [5.74, 6) is 0.270. The van der Waals surface area contributed by atoms with Gasteiger partial charge in [0.25, 0.3) is 0 Å². The number of hydrogen-bond acceptors (Lipinski definition) is 6. The SMILES string of the molecule is CN(C)C[C@H](c1ccc(O)c(Cc2cc([C@H](CN(C)C)C3(O)CCCCC3)ccc2O)c1)C1(O)CCCCC1. The molecule has 2 aromatic carbocycles. The number of hydrogen-bond donors (Lipinski definition) is 4. The van der Waals surface area contributed by atoms with Crippen LogP contribution in [0.4, 0.5) is 0 Å². The first-order valence-corrected chi connectivity index (χ1v) is 14.9. The van der Waals surface area contributed by atoms with Gasteiger partial charge in [-0.3, -0.25) is 0 Å². The molecule has 2 aliphatic rings. The number of phenolic OH excluding ortho intramolecular Hbond substituents is 2. The lowest BCUT2D eigenvalue weighted by molar-refractivity contribution is -0.0280. The molecular formula is C33H50N2O4. The van der Waals surface area contributed by atoms with Crippen LogP contribution in [-0.4, -0.2) is 82.7 Å². The predicted octanol–water partition coefficient (Wildman–Crippen LogP) is 5.37. The topological polar surface area (TPSA) is 87.4 Å². The summed E-state index contributed by atoms with van der Waals surface area (Å²) in [6, 6.07) is 11.4. The normalized spacial score (nSPS) is 20.7. The Kier molecular flexibility index (Phi) is 9.64. The van der Waals surface area contributed by atoms with E-state index >= 15 is 0 Å². The summed E-state index contributed by atoms with van der Waals surface area (Å²) in [7, 11) is 8.14. The van der Waals surface area contributed by atoms with Crippen molar-refractivity contribution >= 4 is 0 Å². The number of benzene rings is 2. The molecule has 2 aromatic rings. The van der Waals surface area contributed by atoms with E-state index in [1.165, 1.54) is 0 Å². The Balaban J connectivity index is 1.67. The Morgan fingerprint density at radius 2 is 0.974 bits per heavy atom. The summed E-state index contributed by atoms with van der Waals surface area (Å²) in [5, 5.41) is 45.1. The van der Waals surface area contributed by atoms with E-state index < -0.39 is 11.2 Å². The van der Waals surface area contributed by atoms with E-state index in [1.54, 1.807) is 12.1 Å². The van der Waals surface area contributed by atoms with E-state index in [-0.39, 0.29) is 23.3 Å². The van der Waals surface area contributed by atoms with E-state index in [9.17, 15) is 20.4 Å². The lowest BCUT2D eigenvalue weighted by Gasteiger charge is -2.41. The van der Waals surface area contributed by atoms with Gasteiger partial charge < -0.3 is 30.2 Å². The van der Waals surface area contributed by atoms with Crippen LogP contribution in [0.3, 0.4) is 0 Å². The van der Waals surface area contributed by atoms with Gasteiger partial charge in [-0.1, -0.05) is 62.8 Å². The van der Waals surface area contributed by atoms with Gasteiger partial charge in [-0.05, 0) is 88.3 Å². The van der Waals surface area contributed by atoms with Crippen LogP contribution in [-0.2, 0) is 6.42 Å². The average Bonchev–Trinajstić information content (AvgIpc) is 2.89. The van der Waals surface area contributed by atoms with E-state index in [0.29, 0.717) is 6.42 Å². The molecule has 216 valence electrons. The van der Waals surface area contributed by atoms with Crippen LogP contribution in [0.1, 0.15) is 98.3 Å². The Morgan fingerprint density at radius 3 is 1.31 bits per heavy atom. The van der Waals surface area contributed by atoms with Gasteiger partial charge in [0.2, 0.25) is 0 Å². The Bertz CT molecular complexity index is 1000. The van der Waals surface area contributed by atoms with Crippen molar-refractivity contribution < 1.29 is 20.4 Å². The third-order valence-electron chi connectivity index (χ3n) is 9.22. The summed E-state index contributed by atoms with van der Waals surface area (Å²) in [4.78, 5) is 4.25. The smallest absolute Gasteiger partial charge is 0.119 e. The highest BCUT2D eigenvalue weighted by Gasteiger charge is 2.40. The molecule has 2 atom stereocenters. The molecule has 2 fully saturated rings. The Morgan fingerprint density at radius 1 is 0.615 bits per heavy atom. The number of aromatic hydroxyl groups is 2. The fourth-order valence-electron chi connectivity index (χ4n) is 7.06. The van der Waals surface area contributed by atoms with Crippen LogP contribution in [0.2, 0.25) is 0 Å². The van der Waals surface area contributed by atoms with Crippen LogP contribution < -0.4 is 0 Å². The van der Waals surface area contributed by atoms with Gasteiger partial charge in [-0.15, -0.1) is 0 Å². The van der Waals surface area contributed by atoms with Crippen LogP contribution >= 0.6 is 0 Å². The van der Waals surface area contributed by atoms with Crippen molar-refractivity contribution in [2.24, 2.45) is 0 Å². The molecule has 6 heteroatoms. The van der Waals surface area contributed by atoms with Crippen molar-refractivity contribution in [1.82, 2.24) is 9.80 Å². The van der Waals surface area contributed by atoms with Crippen LogP contribution in [0.5, 0.6) is 11.5 Å². The zero-order valence-corrected chi connectivity index (χ0v) is 24.5. The second kappa shape index (κ2) is 12.6. The minimum atomic E-state index is -0.756. The van der Waals surface area contributed by atoms with Crippen LogP contribution in [0, 0.1) is 0 Å². The first kappa shape index (κ1) is 29.9. The van der Waals surface area contributed by atoms with E-state index in [2.05, 4.69) is 9.80 Å². The predicted molar refractivity (Wildman–Crippen MR) is 158 cm³/mol. The van der Waals surface area contributed by atoms with E-state index in [0.717, 1.165) is 99.6 Å². The third-order valence-corrected chi connectivity index (χ3v) is 9.22. The first-order valence-electron chi connectivity index (χ1n) is 14.9. The highest BCUT2D eigenvalue weighted by molar-refractivity contribution is 5.46. The minimum absolute atomic E-state index is 0.0582. The molecule has 0 heterocycles. The molecule has 4 N–H and O–H groups in total. The van der Waals surface area contributed by atoms with Gasteiger partial charge in [0.05, 0.1) is 11.2 Å². The van der Waals surface area contributed by atoms with Crippen molar-refractivity contribution in [3.05, 3.63) is 58.7 Å². The van der Waals surface area contributed by atoms with Crippen molar-refractivity contribution in [3.63, 3.8) is 0 Å². The van der Waals surface area contributed by atoms with Crippen LogP contribution in [0.25, 0.3) is 0 Å². The lowest BCUT2D eigenvalue weighted by atomic mass is 9.72. The molecule has 0 spiro atoms. The molecule has 2 saturated carbocycles. The quantitative estimate of drug-likeness (QED) is 0.325. The Labute approximate surface area is 235 Å². The van der Waals surface area contributed by atoms with Crippen LogP contribution in [0.15, 0.2) is 36.4 Å². The highest BCUT2D eigenvalue weighted by atomic mass is 16.3.